The molecule has 0 spiro atoms. The van der Waals surface area contributed by atoms with E-state index >= 15 is 0 Å². The van der Waals surface area contributed by atoms with Gasteiger partial charge in [-0.15, -0.1) is 11.3 Å². The first-order valence-corrected chi connectivity index (χ1v) is 11.0. The number of fused-ring (bicyclic) bond motifs is 1. The lowest BCUT2D eigenvalue weighted by Gasteiger charge is -2.36. The molecular weight excluding hydrogens is 338 g/mol. The zero-order valence-corrected chi connectivity index (χ0v) is 17.2. The van der Waals surface area contributed by atoms with Gasteiger partial charge in [-0.25, -0.2) is 0 Å². The van der Waals surface area contributed by atoms with Crippen molar-refractivity contribution in [3.05, 3.63) is 44.8 Å². The number of rotatable bonds is 7. The summed E-state index contributed by atoms with van der Waals surface area (Å²) in [4.78, 5) is 8.33. The van der Waals surface area contributed by atoms with Crippen LogP contribution in [0.3, 0.4) is 0 Å². The van der Waals surface area contributed by atoms with Crippen LogP contribution in [0.1, 0.15) is 47.1 Å². The minimum Gasteiger partial charge on any atom is -0.369 e. The van der Waals surface area contributed by atoms with E-state index in [1.165, 1.54) is 57.0 Å². The van der Waals surface area contributed by atoms with Gasteiger partial charge in [0.2, 0.25) is 0 Å². The summed E-state index contributed by atoms with van der Waals surface area (Å²) in [5, 5.41) is 7.16. The van der Waals surface area contributed by atoms with Gasteiger partial charge in [0.05, 0.1) is 0 Å². The number of thiophene rings is 1. The predicted molar refractivity (Wildman–Crippen MR) is 114 cm³/mol. The Labute approximate surface area is 162 Å². The fourth-order valence-corrected chi connectivity index (χ4v) is 5.65. The van der Waals surface area contributed by atoms with Crippen molar-refractivity contribution >= 4 is 17.6 Å². The lowest BCUT2D eigenvalue weighted by atomic mass is 9.93. The van der Waals surface area contributed by atoms with Crippen molar-refractivity contribution in [3.63, 3.8) is 0 Å². The summed E-state index contributed by atoms with van der Waals surface area (Å²) in [6, 6.07) is 0. The number of hydrogen-bond donors (Lipinski definition) is 1. The van der Waals surface area contributed by atoms with Gasteiger partial charge in [0, 0.05) is 47.8 Å². The first kappa shape index (κ1) is 19.4. The van der Waals surface area contributed by atoms with Gasteiger partial charge in [-0.05, 0) is 82.2 Å². The highest BCUT2D eigenvalue weighted by molar-refractivity contribution is 7.12. The van der Waals surface area contributed by atoms with Crippen LogP contribution in [-0.2, 0) is 19.3 Å². The maximum absolute atomic E-state index is 7.16. The Morgan fingerprint density at radius 3 is 2.65 bits per heavy atom. The average Bonchev–Trinajstić information content (AvgIpc) is 2.99. The van der Waals surface area contributed by atoms with Crippen molar-refractivity contribution in [1.82, 2.24) is 9.80 Å². The topological polar surface area (TPSA) is 30.3 Å². The first-order chi connectivity index (χ1) is 12.7. The number of aryl methyl sites for hydroxylation is 2. The smallest absolute Gasteiger partial charge is 0.0324 e. The highest BCUT2D eigenvalue weighted by Gasteiger charge is 2.20. The molecule has 2 aliphatic rings. The number of hydrogen-bond acceptors (Lipinski definition) is 4. The van der Waals surface area contributed by atoms with E-state index < -0.39 is 0 Å². The number of nitrogens with zero attached hydrogens (tertiary/aromatic N) is 2. The Bertz CT molecular complexity index is 663. The second kappa shape index (κ2) is 9.52. The van der Waals surface area contributed by atoms with Gasteiger partial charge < -0.3 is 10.3 Å². The van der Waals surface area contributed by atoms with Crippen LogP contribution in [-0.4, -0.2) is 48.7 Å². The number of nitrogens with one attached hydrogen (secondary N) is 1. The van der Waals surface area contributed by atoms with Gasteiger partial charge in [-0.1, -0.05) is 6.08 Å². The largest absolute Gasteiger partial charge is 0.369 e. The Balaban J connectivity index is 1.45. The van der Waals surface area contributed by atoms with Crippen LogP contribution in [0.25, 0.3) is 0 Å². The Morgan fingerprint density at radius 2 is 1.92 bits per heavy atom. The van der Waals surface area contributed by atoms with E-state index in [0.717, 1.165) is 26.2 Å². The zero-order valence-electron chi connectivity index (χ0n) is 16.4. The molecule has 0 aromatic carbocycles. The van der Waals surface area contributed by atoms with Crippen LogP contribution in [0.15, 0.2) is 23.9 Å². The van der Waals surface area contributed by atoms with E-state index in [9.17, 15) is 0 Å². The summed E-state index contributed by atoms with van der Waals surface area (Å²) in [5.74, 6) is 0. The highest BCUT2D eigenvalue weighted by atomic mass is 32.1. The third-order valence-electron chi connectivity index (χ3n) is 5.78. The standard InChI is InChI=1S/C22H33N3S/c1-3-19(8-6-12-23)25-16-14-24(15-17-25)13-7-10-20-18(2)26-22-11-5-4-9-21(20)22/h3,6,8,12,23H,4-5,7,9-11,13-17H2,1-2H3/b8-6-,19-3+,23-12?. The maximum atomic E-state index is 7.16. The minimum absolute atomic E-state index is 1.09. The second-order valence-electron chi connectivity index (χ2n) is 7.42. The zero-order chi connectivity index (χ0) is 18.4. The Kier molecular flexibility index (Phi) is 7.09. The fourth-order valence-electron chi connectivity index (χ4n) is 4.34. The Hall–Kier alpha value is -1.39. The molecular formula is C22H33N3S. The van der Waals surface area contributed by atoms with E-state index in [1.807, 2.05) is 12.2 Å². The van der Waals surface area contributed by atoms with Gasteiger partial charge in [0.25, 0.3) is 0 Å². The van der Waals surface area contributed by atoms with Crippen LogP contribution in [0.4, 0.5) is 0 Å². The lowest BCUT2D eigenvalue weighted by Crippen LogP contribution is -2.45. The summed E-state index contributed by atoms with van der Waals surface area (Å²) in [6.07, 6.45) is 15.3. The van der Waals surface area contributed by atoms with Crippen molar-refractivity contribution in [1.29, 1.82) is 5.41 Å². The summed E-state index contributed by atoms with van der Waals surface area (Å²) in [5.41, 5.74) is 4.66. The summed E-state index contributed by atoms with van der Waals surface area (Å²) >= 11 is 2.07. The molecule has 1 aliphatic carbocycles. The van der Waals surface area contributed by atoms with Crippen LogP contribution in [0.2, 0.25) is 0 Å². The minimum atomic E-state index is 1.09. The molecule has 1 aromatic heterocycles. The molecule has 0 bridgehead atoms. The van der Waals surface area contributed by atoms with Gasteiger partial charge in [-0.2, -0.15) is 0 Å². The van der Waals surface area contributed by atoms with Gasteiger partial charge in [0.1, 0.15) is 0 Å². The van der Waals surface area contributed by atoms with Gasteiger partial charge in [-0.3, -0.25) is 4.90 Å². The normalized spacial score (nSPS) is 19.2. The molecule has 0 amide bonds. The van der Waals surface area contributed by atoms with Crippen molar-refractivity contribution < 1.29 is 0 Å². The molecule has 1 saturated heterocycles. The molecule has 26 heavy (non-hydrogen) atoms. The highest BCUT2D eigenvalue weighted by Crippen LogP contribution is 2.34. The summed E-state index contributed by atoms with van der Waals surface area (Å²) in [6.45, 7) is 10.1. The van der Waals surface area contributed by atoms with Crippen molar-refractivity contribution in [2.45, 2.75) is 52.4 Å². The van der Waals surface area contributed by atoms with Crippen molar-refractivity contribution in [2.24, 2.45) is 0 Å². The molecule has 1 N–H and O–H groups in total. The van der Waals surface area contributed by atoms with E-state index in [2.05, 4.69) is 41.1 Å². The third-order valence-corrected chi connectivity index (χ3v) is 7.03. The molecule has 3 rings (SSSR count). The monoisotopic (exact) mass is 371 g/mol. The molecule has 4 heteroatoms. The van der Waals surface area contributed by atoms with E-state index in [4.69, 9.17) is 5.41 Å². The number of piperazine rings is 1. The molecule has 1 aliphatic heterocycles. The summed E-state index contributed by atoms with van der Waals surface area (Å²) < 4.78 is 0. The van der Waals surface area contributed by atoms with E-state index in [-0.39, 0.29) is 0 Å². The van der Waals surface area contributed by atoms with Crippen LogP contribution < -0.4 is 0 Å². The number of allylic oxidation sites excluding steroid dienone is 3. The SMILES string of the molecule is C/C=C(\C=C/C=N)N1CCN(CCCc2c(C)sc3c2CCCC3)CC1. The second-order valence-corrected chi connectivity index (χ2v) is 8.73. The third kappa shape index (κ3) is 4.66. The van der Waals surface area contributed by atoms with Crippen LogP contribution >= 0.6 is 11.3 Å². The van der Waals surface area contributed by atoms with Crippen LogP contribution in [0.5, 0.6) is 0 Å². The molecule has 2 heterocycles. The molecule has 0 atom stereocenters. The fraction of sp³-hybridized carbons (Fsp3) is 0.591. The predicted octanol–water partition coefficient (Wildman–Crippen LogP) is 4.60. The molecule has 3 nitrogen and oxygen atoms in total. The Morgan fingerprint density at radius 1 is 1.15 bits per heavy atom. The van der Waals surface area contributed by atoms with Gasteiger partial charge >= 0.3 is 0 Å². The van der Waals surface area contributed by atoms with Crippen LogP contribution in [0, 0.1) is 12.3 Å². The average molecular weight is 372 g/mol. The maximum Gasteiger partial charge on any atom is 0.0324 e. The molecule has 0 radical (unpaired) electrons. The molecule has 142 valence electrons. The van der Waals surface area contributed by atoms with E-state index in [0.29, 0.717) is 0 Å². The molecule has 0 saturated carbocycles. The lowest BCUT2D eigenvalue weighted by molar-refractivity contribution is 0.160. The first-order valence-electron chi connectivity index (χ1n) is 10.1. The quantitative estimate of drug-likeness (QED) is 0.561. The molecule has 1 fully saturated rings. The molecule has 1 aromatic rings. The van der Waals surface area contributed by atoms with Crippen molar-refractivity contribution in [3.8, 4) is 0 Å². The van der Waals surface area contributed by atoms with Crippen molar-refractivity contribution in [2.75, 3.05) is 32.7 Å². The summed E-state index contributed by atoms with van der Waals surface area (Å²) in [7, 11) is 0. The molecule has 0 unspecified atom stereocenters. The van der Waals surface area contributed by atoms with Gasteiger partial charge in [0.15, 0.2) is 0 Å². The van der Waals surface area contributed by atoms with E-state index in [1.54, 1.807) is 20.9 Å².